The Hall–Kier alpha value is -6.72. The molecule has 7 aromatic carbocycles. The molecule has 3 heterocycles. The maximum Gasteiger partial charge on any atom is 0.159 e. The minimum absolute atomic E-state index is 0.0872. The lowest BCUT2D eigenvalue weighted by Gasteiger charge is -2.23. The summed E-state index contributed by atoms with van der Waals surface area (Å²) in [5, 5.41) is 8.26. The Bertz CT molecular complexity index is 3000. The molecule has 0 spiro atoms. The summed E-state index contributed by atoms with van der Waals surface area (Å²) in [6.07, 6.45) is -0.264. The Morgan fingerprint density at radius 3 is 2.21 bits per heavy atom. The average Bonchev–Trinajstić information content (AvgIpc) is 3.82. The zero-order valence-corrected chi connectivity index (χ0v) is 29.3. The van der Waals surface area contributed by atoms with Gasteiger partial charge in [-0.25, -0.2) is 9.98 Å². The van der Waals surface area contributed by atoms with Gasteiger partial charge in [0.05, 0.1) is 11.0 Å². The fraction of sp³-hybridized carbons (Fsp3) is 0.0833. The van der Waals surface area contributed by atoms with Crippen LogP contribution in [-0.2, 0) is 5.41 Å². The average molecular weight is 683 g/mol. The van der Waals surface area contributed by atoms with Crippen LogP contribution in [0.25, 0.3) is 60.6 Å². The molecule has 2 aromatic heterocycles. The molecule has 0 saturated carbocycles. The molecule has 1 N–H and O–H groups in total. The van der Waals surface area contributed by atoms with Crippen LogP contribution < -0.4 is 5.32 Å². The molecule has 11 rings (SSSR count). The summed E-state index contributed by atoms with van der Waals surface area (Å²) in [6, 6.07) is 55.9. The molecule has 9 aromatic rings. The highest BCUT2D eigenvalue weighted by Gasteiger charge is 2.36. The summed E-state index contributed by atoms with van der Waals surface area (Å²) >= 11 is 0. The highest BCUT2D eigenvalue weighted by atomic mass is 16.3. The van der Waals surface area contributed by atoms with E-state index in [1.807, 2.05) is 36.4 Å². The first-order valence-electron chi connectivity index (χ1n) is 18.2. The van der Waals surface area contributed by atoms with Crippen LogP contribution in [0.5, 0.6) is 0 Å². The number of aliphatic imine (C=N–C) groups is 2. The van der Waals surface area contributed by atoms with Gasteiger partial charge in [-0.15, -0.1) is 0 Å². The van der Waals surface area contributed by atoms with E-state index in [9.17, 15) is 0 Å². The molecule has 0 bridgehead atoms. The van der Waals surface area contributed by atoms with Crippen LogP contribution in [0.3, 0.4) is 0 Å². The first kappa shape index (κ1) is 30.0. The molecular formula is C48H34N4O. The van der Waals surface area contributed by atoms with Gasteiger partial charge in [0, 0.05) is 43.8 Å². The lowest BCUT2D eigenvalue weighted by molar-refractivity contribution is 0.661. The third-order valence-electron chi connectivity index (χ3n) is 11.3. The van der Waals surface area contributed by atoms with Crippen molar-refractivity contribution in [2.45, 2.75) is 25.4 Å². The molecular weight excluding hydrogens is 649 g/mol. The summed E-state index contributed by atoms with van der Waals surface area (Å²) in [4.78, 5) is 10.0. The van der Waals surface area contributed by atoms with Gasteiger partial charge in [0.2, 0.25) is 0 Å². The second-order valence-corrected chi connectivity index (χ2v) is 14.7. The predicted molar refractivity (Wildman–Crippen MR) is 217 cm³/mol. The van der Waals surface area contributed by atoms with Crippen LogP contribution in [0.4, 0.5) is 0 Å². The van der Waals surface area contributed by atoms with Gasteiger partial charge in [-0.05, 0) is 76.3 Å². The summed E-state index contributed by atoms with van der Waals surface area (Å²) in [5.41, 5.74) is 13.5. The van der Waals surface area contributed by atoms with Gasteiger partial charge in [-0.3, -0.25) is 0 Å². The van der Waals surface area contributed by atoms with Gasteiger partial charge in [-0.2, -0.15) is 0 Å². The number of benzene rings is 7. The van der Waals surface area contributed by atoms with Crippen LogP contribution in [0.1, 0.15) is 47.8 Å². The molecule has 5 heteroatoms. The van der Waals surface area contributed by atoms with E-state index in [1.54, 1.807) is 0 Å². The molecule has 1 unspecified atom stereocenters. The summed E-state index contributed by atoms with van der Waals surface area (Å²) < 4.78 is 8.98. The van der Waals surface area contributed by atoms with E-state index in [2.05, 4.69) is 145 Å². The van der Waals surface area contributed by atoms with E-state index in [0.29, 0.717) is 5.84 Å². The normalized spacial score (nSPS) is 16.1. The largest absolute Gasteiger partial charge is 0.456 e. The quantitative estimate of drug-likeness (QED) is 0.201. The van der Waals surface area contributed by atoms with Crippen molar-refractivity contribution in [1.29, 1.82) is 0 Å². The van der Waals surface area contributed by atoms with Crippen LogP contribution in [0.2, 0.25) is 0 Å². The number of aromatic nitrogens is 1. The minimum atomic E-state index is -0.264. The molecule has 0 fully saturated rings. The van der Waals surface area contributed by atoms with Gasteiger partial charge in [0.15, 0.2) is 5.84 Å². The lowest BCUT2D eigenvalue weighted by Crippen LogP contribution is -2.33. The van der Waals surface area contributed by atoms with Crippen molar-refractivity contribution in [3.63, 3.8) is 0 Å². The fourth-order valence-corrected chi connectivity index (χ4v) is 8.61. The third kappa shape index (κ3) is 4.50. The molecule has 5 nitrogen and oxygen atoms in total. The molecule has 1 atom stereocenters. The molecule has 0 amide bonds. The van der Waals surface area contributed by atoms with E-state index in [-0.39, 0.29) is 11.6 Å². The zero-order valence-electron chi connectivity index (χ0n) is 29.3. The Morgan fingerprint density at radius 2 is 1.34 bits per heavy atom. The summed E-state index contributed by atoms with van der Waals surface area (Å²) in [6.45, 7) is 4.69. The lowest BCUT2D eigenvalue weighted by atomic mass is 9.82. The monoisotopic (exact) mass is 682 g/mol. The number of para-hydroxylation sites is 1. The zero-order chi connectivity index (χ0) is 35.3. The molecule has 252 valence electrons. The van der Waals surface area contributed by atoms with E-state index >= 15 is 0 Å². The number of hydrogen-bond donors (Lipinski definition) is 1. The van der Waals surface area contributed by atoms with Crippen molar-refractivity contribution < 1.29 is 4.42 Å². The smallest absolute Gasteiger partial charge is 0.159 e. The first-order valence-corrected chi connectivity index (χ1v) is 18.2. The van der Waals surface area contributed by atoms with Crippen LogP contribution in [0, 0.1) is 0 Å². The molecule has 2 aliphatic rings. The summed E-state index contributed by atoms with van der Waals surface area (Å²) in [5.74, 6) is 1.46. The van der Waals surface area contributed by atoms with Gasteiger partial charge in [0.1, 0.15) is 23.2 Å². The molecule has 1 aliphatic carbocycles. The maximum atomic E-state index is 6.56. The SMILES string of the molecule is CC1(C)c2ccccc2-c2cc3c4ccccc4n(-c4ccc5oc6cc(C7=NC(c8ccccc8)=NC(c8ccccc8)N7)ccc6c5c4)c3cc21. The topological polar surface area (TPSA) is 54.8 Å². The number of rotatable bonds is 4. The number of hydrogen-bond acceptors (Lipinski definition) is 4. The van der Waals surface area contributed by atoms with Crippen molar-refractivity contribution in [2.75, 3.05) is 0 Å². The van der Waals surface area contributed by atoms with E-state index in [1.165, 1.54) is 44.1 Å². The minimum Gasteiger partial charge on any atom is -0.456 e. The van der Waals surface area contributed by atoms with Crippen LogP contribution in [0.15, 0.2) is 172 Å². The van der Waals surface area contributed by atoms with Crippen LogP contribution in [-0.4, -0.2) is 16.2 Å². The number of fused-ring (bicyclic) bond motifs is 9. The Labute approximate surface area is 306 Å². The van der Waals surface area contributed by atoms with Crippen LogP contribution >= 0.6 is 0 Å². The number of amidine groups is 2. The van der Waals surface area contributed by atoms with Gasteiger partial charge < -0.3 is 14.3 Å². The highest BCUT2D eigenvalue weighted by molar-refractivity contribution is 6.16. The van der Waals surface area contributed by atoms with Crippen molar-refractivity contribution in [3.8, 4) is 16.8 Å². The second-order valence-electron chi connectivity index (χ2n) is 14.7. The van der Waals surface area contributed by atoms with Crippen molar-refractivity contribution >= 4 is 55.4 Å². The fourth-order valence-electron chi connectivity index (χ4n) is 8.61. The summed E-state index contributed by atoms with van der Waals surface area (Å²) in [7, 11) is 0. The standard InChI is InChI=1S/C48H34N4O/c1-48(2)39-19-11-9-17-33(39)36-27-37-34-18-10-12-20-41(34)52(42(37)28-40(36)48)32-22-24-43-38(26-32)35-23-21-31(25-44(35)53-43)47-50-45(29-13-5-3-6-14-29)49-46(51-47)30-15-7-4-8-16-30/h3-28,45H,1-2H3,(H,49,50,51). The predicted octanol–water partition coefficient (Wildman–Crippen LogP) is 11.5. The number of nitrogens with zero attached hydrogens (tertiary/aromatic N) is 3. The second kappa shape index (κ2) is 11.1. The molecule has 0 saturated heterocycles. The van der Waals surface area contributed by atoms with E-state index < -0.39 is 0 Å². The van der Waals surface area contributed by atoms with E-state index in [0.717, 1.165) is 50.2 Å². The highest BCUT2D eigenvalue weighted by Crippen LogP contribution is 2.51. The third-order valence-corrected chi connectivity index (χ3v) is 11.3. The molecule has 0 radical (unpaired) electrons. The van der Waals surface area contributed by atoms with Gasteiger partial charge in [-0.1, -0.05) is 123 Å². The van der Waals surface area contributed by atoms with Crippen molar-refractivity contribution in [3.05, 3.63) is 186 Å². The number of furan rings is 1. The number of nitrogens with one attached hydrogen (secondary N) is 1. The van der Waals surface area contributed by atoms with Crippen molar-refractivity contribution in [1.82, 2.24) is 9.88 Å². The van der Waals surface area contributed by atoms with Crippen molar-refractivity contribution in [2.24, 2.45) is 9.98 Å². The maximum absolute atomic E-state index is 6.56. The first-order chi connectivity index (χ1) is 26.0. The molecule has 1 aliphatic heterocycles. The Kier molecular flexibility index (Phi) is 6.30. The Morgan fingerprint density at radius 1 is 0.566 bits per heavy atom. The Balaban J connectivity index is 1.04. The van der Waals surface area contributed by atoms with Gasteiger partial charge >= 0.3 is 0 Å². The van der Waals surface area contributed by atoms with E-state index in [4.69, 9.17) is 14.4 Å². The van der Waals surface area contributed by atoms with Gasteiger partial charge in [0.25, 0.3) is 0 Å². The molecule has 53 heavy (non-hydrogen) atoms.